The van der Waals surface area contributed by atoms with Gasteiger partial charge in [-0.15, -0.1) is 0 Å². The number of nitrogens with zero attached hydrogens (tertiary/aromatic N) is 3. The zero-order chi connectivity index (χ0) is 41.2. The summed E-state index contributed by atoms with van der Waals surface area (Å²) in [5.74, 6) is 0. The summed E-state index contributed by atoms with van der Waals surface area (Å²) in [4.78, 5) is 7.10. The van der Waals surface area contributed by atoms with E-state index in [-0.39, 0.29) is 0 Å². The molecule has 294 valence electrons. The van der Waals surface area contributed by atoms with Gasteiger partial charge in [-0.05, 0) is 102 Å². The van der Waals surface area contributed by atoms with Gasteiger partial charge < -0.3 is 19.1 Å². The van der Waals surface area contributed by atoms with Gasteiger partial charge in [0.05, 0.1) is 22.7 Å². The molecule has 0 atom stereocenters. The second-order valence-corrected chi connectivity index (χ2v) is 15.4. The van der Waals surface area contributed by atoms with Crippen LogP contribution in [0.5, 0.6) is 0 Å². The van der Waals surface area contributed by atoms with E-state index >= 15 is 0 Å². The molecule has 0 spiro atoms. The van der Waals surface area contributed by atoms with Gasteiger partial charge in [0, 0.05) is 50.2 Å². The Morgan fingerprint density at radius 3 is 1.26 bits per heavy atom. The van der Waals surface area contributed by atoms with Crippen LogP contribution in [-0.2, 0) is 0 Å². The molecule has 0 N–H and O–H groups in total. The fourth-order valence-corrected chi connectivity index (χ4v) is 8.76. The minimum absolute atomic E-state index is 0.893. The van der Waals surface area contributed by atoms with E-state index in [0.29, 0.717) is 0 Å². The first-order chi connectivity index (χ1) is 30.8. The van der Waals surface area contributed by atoms with Gasteiger partial charge in [-0.3, -0.25) is 0 Å². The zero-order valence-corrected chi connectivity index (χ0v) is 33.9. The molecule has 1 heterocycles. The number of rotatable bonds is 10. The Hall–Kier alpha value is -8.34. The summed E-state index contributed by atoms with van der Waals surface area (Å²) >= 11 is 0. The Labute approximate surface area is 361 Å². The summed E-state index contributed by atoms with van der Waals surface area (Å²) in [5, 5.41) is 4.57. The average Bonchev–Trinajstić information content (AvgIpc) is 3.73. The molecule has 1 aromatic heterocycles. The summed E-state index contributed by atoms with van der Waals surface area (Å²) in [6.07, 6.45) is 0. The van der Waals surface area contributed by atoms with E-state index in [4.69, 9.17) is 4.42 Å². The Morgan fingerprint density at radius 1 is 0.274 bits per heavy atom. The lowest BCUT2D eigenvalue weighted by Crippen LogP contribution is -2.16. The van der Waals surface area contributed by atoms with Crippen molar-refractivity contribution >= 4 is 83.9 Å². The fraction of sp³-hybridized carbons (Fsp3) is 0. The van der Waals surface area contributed by atoms with Crippen LogP contribution in [0, 0.1) is 0 Å². The Bertz CT molecular complexity index is 3110. The predicted molar refractivity (Wildman–Crippen MR) is 261 cm³/mol. The minimum Gasteiger partial charge on any atom is -0.455 e. The van der Waals surface area contributed by atoms with Crippen molar-refractivity contribution in [3.8, 4) is 11.1 Å². The minimum atomic E-state index is 0.893. The number of para-hydroxylation sites is 6. The number of furan rings is 1. The third-order valence-corrected chi connectivity index (χ3v) is 11.6. The number of hydrogen-bond acceptors (Lipinski definition) is 4. The van der Waals surface area contributed by atoms with Crippen molar-refractivity contribution in [2.75, 3.05) is 14.7 Å². The molecular weight excluding hydrogens is 755 g/mol. The molecule has 0 unspecified atom stereocenters. The van der Waals surface area contributed by atoms with E-state index in [1.807, 2.05) is 12.1 Å². The molecule has 0 aliphatic heterocycles. The van der Waals surface area contributed by atoms with E-state index in [9.17, 15) is 0 Å². The van der Waals surface area contributed by atoms with Crippen LogP contribution in [0.1, 0.15) is 0 Å². The van der Waals surface area contributed by atoms with Crippen LogP contribution in [0.3, 0.4) is 0 Å². The molecule has 10 aromatic carbocycles. The topological polar surface area (TPSA) is 22.9 Å². The van der Waals surface area contributed by atoms with E-state index in [1.165, 1.54) is 5.39 Å². The van der Waals surface area contributed by atoms with E-state index in [0.717, 1.165) is 89.6 Å². The molecule has 4 heteroatoms. The summed E-state index contributed by atoms with van der Waals surface area (Å²) in [7, 11) is 0. The highest BCUT2D eigenvalue weighted by molar-refractivity contribution is 6.09. The molecule has 62 heavy (non-hydrogen) atoms. The van der Waals surface area contributed by atoms with Crippen molar-refractivity contribution in [2.24, 2.45) is 0 Å². The van der Waals surface area contributed by atoms with E-state index < -0.39 is 0 Å². The predicted octanol–water partition coefficient (Wildman–Crippen LogP) is 16.8. The normalized spacial score (nSPS) is 11.2. The largest absolute Gasteiger partial charge is 0.455 e. The van der Waals surface area contributed by atoms with Crippen molar-refractivity contribution in [3.63, 3.8) is 0 Å². The highest BCUT2D eigenvalue weighted by atomic mass is 16.3. The molecule has 0 saturated carbocycles. The highest BCUT2D eigenvalue weighted by Gasteiger charge is 2.23. The third-order valence-electron chi connectivity index (χ3n) is 11.6. The summed E-state index contributed by atoms with van der Waals surface area (Å²) in [6, 6.07) is 88.3. The first kappa shape index (κ1) is 36.7. The van der Waals surface area contributed by atoms with Crippen molar-refractivity contribution in [3.05, 3.63) is 249 Å². The average molecular weight is 796 g/mol. The first-order valence-electron chi connectivity index (χ1n) is 21.0. The molecule has 4 nitrogen and oxygen atoms in total. The van der Waals surface area contributed by atoms with Crippen molar-refractivity contribution in [2.45, 2.75) is 0 Å². The molecule has 0 aliphatic rings. The number of hydrogen-bond donors (Lipinski definition) is 0. The molecule has 11 rings (SSSR count). The molecule has 0 saturated heterocycles. The third kappa shape index (κ3) is 6.80. The maximum Gasteiger partial charge on any atom is 0.143 e. The van der Waals surface area contributed by atoms with Gasteiger partial charge in [-0.2, -0.15) is 0 Å². The Balaban J connectivity index is 1.16. The molecular formula is C58H41N3O. The number of benzene rings is 10. The van der Waals surface area contributed by atoms with Crippen LogP contribution in [-0.4, -0.2) is 0 Å². The smallest absolute Gasteiger partial charge is 0.143 e. The van der Waals surface area contributed by atoms with E-state index in [1.54, 1.807) is 0 Å². The molecule has 0 amide bonds. The highest BCUT2D eigenvalue weighted by Crippen LogP contribution is 2.47. The second-order valence-electron chi connectivity index (χ2n) is 15.4. The van der Waals surface area contributed by atoms with Gasteiger partial charge in [0.2, 0.25) is 0 Å². The van der Waals surface area contributed by atoms with Crippen LogP contribution in [0.25, 0.3) is 43.8 Å². The quantitative estimate of drug-likeness (QED) is 0.138. The Kier molecular flexibility index (Phi) is 9.49. The zero-order valence-electron chi connectivity index (χ0n) is 33.9. The number of anilines is 9. The standard InChI is InChI=1S/C58H41N3O/c1-5-21-44(22-6-1)59(45-23-7-2-8-24-45)49-39-50(60(46-25-9-3-10-26-46)47-27-11-4-12-28-47)41-51(40-49)61(56-33-17-20-42-19-13-14-29-52(42)56)48-37-35-43(36-38-48)53-31-18-32-55-54-30-15-16-34-57(54)62-58(53)55/h1-41H. The molecule has 0 aliphatic carbocycles. The van der Waals surface area contributed by atoms with Crippen LogP contribution < -0.4 is 14.7 Å². The van der Waals surface area contributed by atoms with Gasteiger partial charge >= 0.3 is 0 Å². The molecule has 0 bridgehead atoms. The fourth-order valence-electron chi connectivity index (χ4n) is 8.76. The van der Waals surface area contributed by atoms with Gasteiger partial charge in [0.25, 0.3) is 0 Å². The monoisotopic (exact) mass is 795 g/mol. The lowest BCUT2D eigenvalue weighted by Gasteiger charge is -2.33. The van der Waals surface area contributed by atoms with Crippen molar-refractivity contribution in [1.82, 2.24) is 0 Å². The van der Waals surface area contributed by atoms with Crippen molar-refractivity contribution in [1.29, 1.82) is 0 Å². The van der Waals surface area contributed by atoms with Crippen LogP contribution in [0.4, 0.5) is 51.2 Å². The summed E-state index contributed by atoms with van der Waals surface area (Å²) in [5.41, 5.74) is 13.4. The van der Waals surface area contributed by atoms with Crippen molar-refractivity contribution < 1.29 is 4.42 Å². The lowest BCUT2D eigenvalue weighted by molar-refractivity contribution is 0.670. The maximum absolute atomic E-state index is 6.50. The number of fused-ring (bicyclic) bond motifs is 4. The van der Waals surface area contributed by atoms with Gasteiger partial charge in [-0.25, -0.2) is 0 Å². The van der Waals surface area contributed by atoms with Crippen LogP contribution >= 0.6 is 0 Å². The lowest BCUT2D eigenvalue weighted by atomic mass is 10.0. The van der Waals surface area contributed by atoms with E-state index in [2.05, 4.69) is 251 Å². The van der Waals surface area contributed by atoms with Gasteiger partial charge in [0.15, 0.2) is 0 Å². The summed E-state index contributed by atoms with van der Waals surface area (Å²) < 4.78 is 6.50. The van der Waals surface area contributed by atoms with Crippen LogP contribution in [0.2, 0.25) is 0 Å². The van der Waals surface area contributed by atoms with Gasteiger partial charge in [0.1, 0.15) is 11.2 Å². The Morgan fingerprint density at radius 2 is 0.694 bits per heavy atom. The molecule has 0 radical (unpaired) electrons. The first-order valence-corrected chi connectivity index (χ1v) is 21.0. The second kappa shape index (κ2) is 16.0. The molecule has 0 fully saturated rings. The maximum atomic E-state index is 6.50. The van der Waals surface area contributed by atoms with Crippen LogP contribution in [0.15, 0.2) is 253 Å². The molecule has 11 aromatic rings. The summed E-state index contributed by atoms with van der Waals surface area (Å²) in [6.45, 7) is 0. The SMILES string of the molecule is c1ccc(N(c2ccccc2)c2cc(N(c3ccccc3)c3ccccc3)cc(N(c3ccc(-c4cccc5c4oc4ccccc45)cc3)c3cccc4ccccc34)c2)cc1. The van der Waals surface area contributed by atoms with Gasteiger partial charge in [-0.1, -0.05) is 158 Å².